The van der Waals surface area contributed by atoms with Gasteiger partial charge in [-0.2, -0.15) is 0 Å². The van der Waals surface area contributed by atoms with Gasteiger partial charge in [-0.15, -0.1) is 0 Å². The molecule has 1 atom stereocenters. The van der Waals surface area contributed by atoms with Gasteiger partial charge in [0.05, 0.1) is 22.6 Å². The SMILES string of the molecule is CC(C)(C)OC(=O)CC[C@@H](C(N)=O)N1Cc2c(cccc2[N+](=O)[O-])C1=O. The van der Waals surface area contributed by atoms with Gasteiger partial charge in [0.15, 0.2) is 0 Å². The predicted molar refractivity (Wildman–Crippen MR) is 91.0 cm³/mol. The van der Waals surface area contributed by atoms with Crippen molar-refractivity contribution in [1.29, 1.82) is 0 Å². The van der Waals surface area contributed by atoms with Gasteiger partial charge in [0.2, 0.25) is 5.91 Å². The highest BCUT2D eigenvalue weighted by Gasteiger charge is 2.39. The molecule has 26 heavy (non-hydrogen) atoms. The minimum absolute atomic E-state index is 0.0161. The van der Waals surface area contributed by atoms with E-state index in [0.717, 1.165) is 0 Å². The van der Waals surface area contributed by atoms with Crippen molar-refractivity contribution in [2.45, 2.75) is 51.8 Å². The number of primary amides is 1. The van der Waals surface area contributed by atoms with Crippen molar-refractivity contribution < 1.29 is 24.0 Å². The number of ether oxygens (including phenoxy) is 1. The van der Waals surface area contributed by atoms with E-state index in [4.69, 9.17) is 10.5 Å². The second kappa shape index (κ2) is 7.11. The van der Waals surface area contributed by atoms with Crippen LogP contribution in [0.5, 0.6) is 0 Å². The lowest BCUT2D eigenvalue weighted by Crippen LogP contribution is -2.45. The number of nitro groups is 1. The minimum atomic E-state index is -1.05. The maximum atomic E-state index is 12.6. The van der Waals surface area contributed by atoms with Gasteiger partial charge in [-0.1, -0.05) is 6.07 Å². The molecule has 2 N–H and O–H groups in total. The van der Waals surface area contributed by atoms with Crippen LogP contribution in [0.1, 0.15) is 49.5 Å². The standard InChI is InChI=1S/C17H21N3O6/c1-17(2,3)26-14(21)8-7-13(15(18)22)19-9-11-10(16(19)23)5-4-6-12(11)20(24)25/h4-6,13H,7-9H2,1-3H3,(H2,18,22)/t13-/m0/s1. The number of hydrogen-bond donors (Lipinski definition) is 1. The van der Waals surface area contributed by atoms with Crippen LogP contribution in [0, 0.1) is 10.1 Å². The summed E-state index contributed by atoms with van der Waals surface area (Å²) >= 11 is 0. The van der Waals surface area contributed by atoms with Gasteiger partial charge in [-0.3, -0.25) is 24.5 Å². The summed E-state index contributed by atoms with van der Waals surface area (Å²) in [5.41, 5.74) is 4.96. The molecule has 0 bridgehead atoms. The number of carbonyl (C=O) groups excluding carboxylic acids is 3. The Morgan fingerprint density at radius 1 is 1.38 bits per heavy atom. The summed E-state index contributed by atoms with van der Waals surface area (Å²) in [7, 11) is 0. The van der Waals surface area contributed by atoms with Gasteiger partial charge in [0.1, 0.15) is 11.6 Å². The highest BCUT2D eigenvalue weighted by molar-refractivity contribution is 6.02. The summed E-state index contributed by atoms with van der Waals surface area (Å²) < 4.78 is 5.19. The van der Waals surface area contributed by atoms with E-state index >= 15 is 0 Å². The Labute approximate surface area is 150 Å². The molecular weight excluding hydrogens is 342 g/mol. The zero-order valence-corrected chi connectivity index (χ0v) is 14.9. The van der Waals surface area contributed by atoms with E-state index < -0.39 is 34.3 Å². The maximum Gasteiger partial charge on any atom is 0.306 e. The van der Waals surface area contributed by atoms with Crippen molar-refractivity contribution in [1.82, 2.24) is 4.90 Å². The third-order valence-electron chi connectivity index (χ3n) is 3.91. The third-order valence-corrected chi connectivity index (χ3v) is 3.91. The van der Waals surface area contributed by atoms with E-state index in [2.05, 4.69) is 0 Å². The fourth-order valence-electron chi connectivity index (χ4n) is 2.86. The smallest absolute Gasteiger partial charge is 0.306 e. The molecule has 0 fully saturated rings. The number of nitrogens with zero attached hydrogens (tertiary/aromatic N) is 2. The molecule has 0 aliphatic carbocycles. The number of rotatable bonds is 6. The zero-order chi connectivity index (χ0) is 19.6. The molecule has 9 heteroatoms. The second-order valence-electron chi connectivity index (χ2n) is 7.04. The largest absolute Gasteiger partial charge is 0.460 e. The van der Waals surface area contributed by atoms with E-state index in [1.165, 1.54) is 23.1 Å². The minimum Gasteiger partial charge on any atom is -0.460 e. The van der Waals surface area contributed by atoms with Crippen molar-refractivity contribution in [2.75, 3.05) is 0 Å². The van der Waals surface area contributed by atoms with Gasteiger partial charge in [-0.25, -0.2) is 0 Å². The van der Waals surface area contributed by atoms with Crippen molar-refractivity contribution in [2.24, 2.45) is 5.73 Å². The molecule has 0 saturated heterocycles. The number of nitro benzene ring substituents is 1. The van der Waals surface area contributed by atoms with Crippen molar-refractivity contribution in [3.05, 3.63) is 39.4 Å². The van der Waals surface area contributed by atoms with Crippen molar-refractivity contribution >= 4 is 23.5 Å². The Bertz CT molecular complexity index is 768. The van der Waals surface area contributed by atoms with Gasteiger partial charge in [-0.05, 0) is 33.3 Å². The van der Waals surface area contributed by atoms with E-state index in [1.54, 1.807) is 20.8 Å². The Kier molecular flexibility index (Phi) is 5.29. The molecule has 1 aromatic rings. The van der Waals surface area contributed by atoms with Gasteiger partial charge < -0.3 is 15.4 Å². The summed E-state index contributed by atoms with van der Waals surface area (Å²) in [5, 5.41) is 11.1. The zero-order valence-electron chi connectivity index (χ0n) is 14.9. The van der Waals surface area contributed by atoms with Crippen LogP contribution in [-0.2, 0) is 20.9 Å². The van der Waals surface area contributed by atoms with Gasteiger partial charge >= 0.3 is 5.97 Å². The van der Waals surface area contributed by atoms with Crippen molar-refractivity contribution in [3.63, 3.8) is 0 Å². The van der Waals surface area contributed by atoms with Crippen LogP contribution in [0.3, 0.4) is 0 Å². The Balaban J connectivity index is 2.18. The monoisotopic (exact) mass is 363 g/mol. The summed E-state index contributed by atoms with van der Waals surface area (Å²) in [5.74, 6) is -1.81. The molecule has 2 amide bonds. The molecule has 1 heterocycles. The molecule has 1 aliphatic rings. The van der Waals surface area contributed by atoms with Crippen LogP contribution in [0.4, 0.5) is 5.69 Å². The topological polar surface area (TPSA) is 133 Å². The van der Waals surface area contributed by atoms with Crippen LogP contribution in [0.25, 0.3) is 0 Å². The van der Waals surface area contributed by atoms with Crippen molar-refractivity contribution in [3.8, 4) is 0 Å². The number of nitrogens with two attached hydrogens (primary N) is 1. The molecule has 0 aromatic heterocycles. The molecule has 0 unspecified atom stereocenters. The predicted octanol–water partition coefficient (Wildman–Crippen LogP) is 1.53. The number of amides is 2. The number of fused-ring (bicyclic) bond motifs is 1. The van der Waals surface area contributed by atoms with E-state index in [-0.39, 0.29) is 36.2 Å². The lowest BCUT2D eigenvalue weighted by atomic mass is 10.1. The average molecular weight is 363 g/mol. The lowest BCUT2D eigenvalue weighted by molar-refractivity contribution is -0.385. The first-order valence-corrected chi connectivity index (χ1v) is 8.09. The van der Waals surface area contributed by atoms with Gasteiger partial charge in [0.25, 0.3) is 11.6 Å². The van der Waals surface area contributed by atoms with E-state index in [0.29, 0.717) is 0 Å². The normalized spacial score (nSPS) is 14.7. The highest BCUT2D eigenvalue weighted by Crippen LogP contribution is 2.32. The first-order chi connectivity index (χ1) is 12.0. The fraction of sp³-hybridized carbons (Fsp3) is 0.471. The Morgan fingerprint density at radius 3 is 2.58 bits per heavy atom. The number of hydrogen-bond acceptors (Lipinski definition) is 6. The van der Waals surface area contributed by atoms with E-state index in [1.807, 2.05) is 0 Å². The van der Waals surface area contributed by atoms with Crippen LogP contribution >= 0.6 is 0 Å². The van der Waals surface area contributed by atoms with Crippen LogP contribution in [0.2, 0.25) is 0 Å². The van der Waals surface area contributed by atoms with Crippen LogP contribution < -0.4 is 5.73 Å². The van der Waals surface area contributed by atoms with Crippen LogP contribution in [0.15, 0.2) is 18.2 Å². The summed E-state index contributed by atoms with van der Waals surface area (Å²) in [6.45, 7) is 5.05. The fourth-order valence-corrected chi connectivity index (χ4v) is 2.86. The molecule has 0 spiro atoms. The number of carbonyl (C=O) groups is 3. The molecule has 1 aliphatic heterocycles. The van der Waals surface area contributed by atoms with Crippen LogP contribution in [-0.4, -0.2) is 39.2 Å². The molecule has 9 nitrogen and oxygen atoms in total. The third kappa shape index (κ3) is 4.16. The first-order valence-electron chi connectivity index (χ1n) is 8.09. The number of benzene rings is 1. The summed E-state index contributed by atoms with van der Waals surface area (Å²) in [6, 6.07) is 3.13. The number of esters is 1. The lowest BCUT2D eigenvalue weighted by Gasteiger charge is -2.25. The highest BCUT2D eigenvalue weighted by atomic mass is 16.6. The molecule has 2 rings (SSSR count). The molecule has 0 saturated carbocycles. The second-order valence-corrected chi connectivity index (χ2v) is 7.04. The van der Waals surface area contributed by atoms with Gasteiger partial charge in [0, 0.05) is 12.5 Å². The first kappa shape index (κ1) is 19.4. The molecule has 140 valence electrons. The Hall–Kier alpha value is -2.97. The quantitative estimate of drug-likeness (QED) is 0.463. The average Bonchev–Trinajstić information content (AvgIpc) is 2.82. The van der Waals surface area contributed by atoms with E-state index in [9.17, 15) is 24.5 Å². The Morgan fingerprint density at radius 2 is 2.04 bits per heavy atom. The maximum absolute atomic E-state index is 12.6. The summed E-state index contributed by atoms with van der Waals surface area (Å²) in [6.07, 6.45) is -0.120. The summed E-state index contributed by atoms with van der Waals surface area (Å²) in [4.78, 5) is 48.0. The molecule has 1 aromatic carbocycles. The molecular formula is C17H21N3O6. The molecule has 0 radical (unpaired) electrons.